The van der Waals surface area contributed by atoms with Crippen molar-refractivity contribution in [2.24, 2.45) is 11.8 Å². The summed E-state index contributed by atoms with van der Waals surface area (Å²) in [5, 5.41) is 2.80. The van der Waals surface area contributed by atoms with Crippen LogP contribution in [0.5, 0.6) is 0 Å². The number of carbonyl (C=O) groups excluding carboxylic acids is 2. The van der Waals surface area contributed by atoms with E-state index in [2.05, 4.69) is 12.2 Å². The van der Waals surface area contributed by atoms with E-state index in [-0.39, 0.29) is 17.9 Å². The summed E-state index contributed by atoms with van der Waals surface area (Å²) in [6.45, 7) is 7.55. The molecule has 3 unspecified atom stereocenters. The molecule has 19 heavy (non-hydrogen) atoms. The molecular weight excluding hydrogens is 246 g/mol. The zero-order valence-corrected chi connectivity index (χ0v) is 12.5. The number of rotatable bonds is 2. The Morgan fingerprint density at radius 2 is 1.84 bits per heavy atom. The van der Waals surface area contributed by atoms with E-state index in [1.54, 1.807) is 0 Å². The molecule has 110 valence electrons. The van der Waals surface area contributed by atoms with Gasteiger partial charge in [-0.05, 0) is 46.0 Å². The smallest absolute Gasteiger partial charge is 0.407 e. The van der Waals surface area contributed by atoms with Crippen molar-refractivity contribution < 1.29 is 19.1 Å². The first-order valence-corrected chi connectivity index (χ1v) is 6.80. The molecule has 1 amide bonds. The van der Waals surface area contributed by atoms with E-state index in [1.807, 2.05) is 20.8 Å². The van der Waals surface area contributed by atoms with E-state index in [1.165, 1.54) is 7.11 Å². The van der Waals surface area contributed by atoms with E-state index >= 15 is 0 Å². The minimum absolute atomic E-state index is 0.196. The Hall–Kier alpha value is -1.26. The lowest BCUT2D eigenvalue weighted by Gasteiger charge is -2.34. The average Bonchev–Trinajstić information content (AvgIpc) is 2.28. The first kappa shape index (κ1) is 15.8. The Labute approximate surface area is 115 Å². The van der Waals surface area contributed by atoms with E-state index in [4.69, 9.17) is 9.47 Å². The molecule has 1 aliphatic carbocycles. The summed E-state index contributed by atoms with van der Waals surface area (Å²) in [6.07, 6.45) is 2.04. The van der Waals surface area contributed by atoms with Crippen LogP contribution in [-0.4, -0.2) is 30.8 Å². The van der Waals surface area contributed by atoms with Gasteiger partial charge in [-0.3, -0.25) is 4.79 Å². The highest BCUT2D eigenvalue weighted by Crippen LogP contribution is 2.30. The van der Waals surface area contributed by atoms with Gasteiger partial charge in [0.1, 0.15) is 5.60 Å². The molecule has 5 nitrogen and oxygen atoms in total. The van der Waals surface area contributed by atoms with Crippen LogP contribution in [0.25, 0.3) is 0 Å². The molecule has 5 heteroatoms. The van der Waals surface area contributed by atoms with Crippen molar-refractivity contribution in [3.05, 3.63) is 0 Å². The van der Waals surface area contributed by atoms with Gasteiger partial charge >= 0.3 is 12.1 Å². The third kappa shape index (κ3) is 5.09. The highest BCUT2D eigenvalue weighted by molar-refractivity contribution is 5.75. The van der Waals surface area contributed by atoms with Crippen LogP contribution in [0.15, 0.2) is 0 Å². The van der Waals surface area contributed by atoms with Gasteiger partial charge in [0, 0.05) is 6.04 Å². The van der Waals surface area contributed by atoms with Gasteiger partial charge < -0.3 is 14.8 Å². The fraction of sp³-hybridized carbons (Fsp3) is 0.857. The van der Waals surface area contributed by atoms with Crippen LogP contribution in [0.4, 0.5) is 4.79 Å². The Balaban J connectivity index is 2.63. The number of nitrogens with one attached hydrogen (secondary N) is 1. The number of carbonyl (C=O) groups is 2. The number of hydrogen-bond acceptors (Lipinski definition) is 4. The molecule has 0 aromatic carbocycles. The van der Waals surface area contributed by atoms with Gasteiger partial charge in [-0.1, -0.05) is 6.92 Å². The zero-order chi connectivity index (χ0) is 14.6. The molecule has 0 bridgehead atoms. The van der Waals surface area contributed by atoms with Gasteiger partial charge in [0.25, 0.3) is 0 Å². The molecule has 0 spiro atoms. The number of alkyl carbamates (subject to hydrolysis) is 1. The predicted molar refractivity (Wildman–Crippen MR) is 71.7 cm³/mol. The van der Waals surface area contributed by atoms with Gasteiger partial charge in [-0.15, -0.1) is 0 Å². The summed E-state index contributed by atoms with van der Waals surface area (Å²) in [4.78, 5) is 23.6. The zero-order valence-electron chi connectivity index (χ0n) is 12.5. The maximum Gasteiger partial charge on any atom is 0.407 e. The van der Waals surface area contributed by atoms with Crippen molar-refractivity contribution >= 4 is 12.1 Å². The van der Waals surface area contributed by atoms with Crippen LogP contribution in [0.2, 0.25) is 0 Å². The lowest BCUT2D eigenvalue weighted by Crippen LogP contribution is -2.48. The van der Waals surface area contributed by atoms with Gasteiger partial charge in [-0.25, -0.2) is 4.79 Å². The molecule has 1 fully saturated rings. The molecule has 1 N–H and O–H groups in total. The maximum absolute atomic E-state index is 11.8. The largest absolute Gasteiger partial charge is 0.469 e. The number of amides is 1. The molecule has 3 atom stereocenters. The summed E-state index contributed by atoms with van der Waals surface area (Å²) in [7, 11) is 1.38. The van der Waals surface area contributed by atoms with E-state index in [9.17, 15) is 9.59 Å². The standard InChI is InChI=1S/C14H25NO4/c1-9-6-7-11(10(8-9)12(16)18-5)15-13(17)19-14(2,3)4/h9-11H,6-8H2,1-5H3,(H,15,17). The topological polar surface area (TPSA) is 64.6 Å². The van der Waals surface area contributed by atoms with Gasteiger partial charge in [0.05, 0.1) is 13.0 Å². The normalized spacial score (nSPS) is 27.5. The van der Waals surface area contributed by atoms with E-state index in [0.29, 0.717) is 5.92 Å². The average molecular weight is 271 g/mol. The van der Waals surface area contributed by atoms with Crippen molar-refractivity contribution in [3.63, 3.8) is 0 Å². The molecule has 1 aliphatic rings. The van der Waals surface area contributed by atoms with Crippen LogP contribution in [-0.2, 0) is 14.3 Å². The Morgan fingerprint density at radius 3 is 2.37 bits per heavy atom. The fourth-order valence-corrected chi connectivity index (χ4v) is 2.42. The first-order valence-electron chi connectivity index (χ1n) is 6.80. The van der Waals surface area contributed by atoms with Crippen LogP contribution in [0, 0.1) is 11.8 Å². The summed E-state index contributed by atoms with van der Waals surface area (Å²) in [5.74, 6) is -0.0605. The highest BCUT2D eigenvalue weighted by Gasteiger charge is 2.36. The Morgan fingerprint density at radius 1 is 1.21 bits per heavy atom. The van der Waals surface area contributed by atoms with Gasteiger partial charge in [0.15, 0.2) is 0 Å². The molecule has 1 saturated carbocycles. The van der Waals surface area contributed by atoms with Crippen LogP contribution >= 0.6 is 0 Å². The van der Waals surface area contributed by atoms with Crippen LogP contribution < -0.4 is 5.32 Å². The highest BCUT2D eigenvalue weighted by atomic mass is 16.6. The fourth-order valence-electron chi connectivity index (χ4n) is 2.42. The molecule has 0 saturated heterocycles. The van der Waals surface area contributed by atoms with Crippen molar-refractivity contribution in [1.29, 1.82) is 0 Å². The monoisotopic (exact) mass is 271 g/mol. The van der Waals surface area contributed by atoms with Crippen LogP contribution in [0.1, 0.15) is 47.0 Å². The molecule has 0 aliphatic heterocycles. The minimum Gasteiger partial charge on any atom is -0.469 e. The molecule has 1 rings (SSSR count). The second-order valence-electron chi connectivity index (χ2n) is 6.30. The maximum atomic E-state index is 11.8. The number of ether oxygens (including phenoxy) is 2. The second kappa shape index (κ2) is 6.26. The summed E-state index contributed by atoms with van der Waals surface area (Å²) in [5.41, 5.74) is -0.535. The Kier molecular flexibility index (Phi) is 5.20. The Bertz CT molecular complexity index is 335. The van der Waals surface area contributed by atoms with Crippen molar-refractivity contribution in [2.45, 2.75) is 58.6 Å². The van der Waals surface area contributed by atoms with Crippen molar-refractivity contribution in [1.82, 2.24) is 5.32 Å². The third-order valence-electron chi connectivity index (χ3n) is 3.32. The summed E-state index contributed by atoms with van der Waals surface area (Å²) >= 11 is 0. The molecule has 0 aromatic heterocycles. The predicted octanol–water partition coefficient (Wildman–Crippen LogP) is 2.49. The van der Waals surface area contributed by atoms with E-state index < -0.39 is 11.7 Å². The quantitative estimate of drug-likeness (QED) is 0.784. The first-order chi connectivity index (χ1) is 8.73. The number of hydrogen-bond donors (Lipinski definition) is 1. The van der Waals surface area contributed by atoms with Crippen molar-refractivity contribution in [3.8, 4) is 0 Å². The lowest BCUT2D eigenvalue weighted by atomic mass is 9.79. The molecular formula is C14H25NO4. The minimum atomic E-state index is -0.535. The van der Waals surface area contributed by atoms with Gasteiger partial charge in [-0.2, -0.15) is 0 Å². The SMILES string of the molecule is COC(=O)C1CC(C)CCC1NC(=O)OC(C)(C)C. The lowest BCUT2D eigenvalue weighted by molar-refractivity contribution is -0.148. The summed E-state index contributed by atoms with van der Waals surface area (Å²) in [6, 6.07) is -0.196. The number of methoxy groups -OCH3 is 1. The molecule has 0 aromatic rings. The van der Waals surface area contributed by atoms with Crippen molar-refractivity contribution in [2.75, 3.05) is 7.11 Å². The molecule has 0 radical (unpaired) electrons. The number of esters is 1. The van der Waals surface area contributed by atoms with E-state index in [0.717, 1.165) is 19.3 Å². The third-order valence-corrected chi connectivity index (χ3v) is 3.32. The van der Waals surface area contributed by atoms with Gasteiger partial charge in [0.2, 0.25) is 0 Å². The molecule has 0 heterocycles. The summed E-state index contributed by atoms with van der Waals surface area (Å²) < 4.78 is 10.0. The van der Waals surface area contributed by atoms with Crippen LogP contribution in [0.3, 0.4) is 0 Å². The second-order valence-corrected chi connectivity index (χ2v) is 6.30.